The van der Waals surface area contributed by atoms with Crippen LogP contribution in [-0.4, -0.2) is 98.1 Å². The molecule has 0 bridgehead atoms. The van der Waals surface area contributed by atoms with Gasteiger partial charge in [0.25, 0.3) is 11.8 Å². The van der Waals surface area contributed by atoms with Crippen molar-refractivity contribution in [1.29, 1.82) is 0 Å². The number of alkyl carbamates (subject to hydrolysis) is 1. The van der Waals surface area contributed by atoms with Gasteiger partial charge in [0.05, 0.1) is 55.6 Å². The van der Waals surface area contributed by atoms with Crippen LogP contribution in [0.2, 0.25) is 0 Å². The van der Waals surface area contributed by atoms with Gasteiger partial charge in [-0.05, 0) is 73.2 Å². The summed E-state index contributed by atoms with van der Waals surface area (Å²) in [6.45, 7) is 1.01. The molecule has 16 heteroatoms. The lowest BCUT2D eigenvalue weighted by Crippen LogP contribution is -2.43. The Morgan fingerprint density at radius 1 is 0.769 bits per heavy atom. The van der Waals surface area contributed by atoms with E-state index in [1.807, 2.05) is 66.7 Å². The van der Waals surface area contributed by atoms with Gasteiger partial charge >= 0.3 is 12.2 Å². The van der Waals surface area contributed by atoms with Crippen molar-refractivity contribution >= 4 is 35.0 Å². The lowest BCUT2D eigenvalue weighted by Gasteiger charge is -2.32. The van der Waals surface area contributed by atoms with Crippen molar-refractivity contribution in [3.63, 3.8) is 0 Å². The van der Waals surface area contributed by atoms with E-state index in [0.29, 0.717) is 65.8 Å². The molecule has 7 aromatic rings. The number of nitrogens with zero attached hydrogens (tertiary/aromatic N) is 5. The highest BCUT2D eigenvalue weighted by atomic mass is 16.5. The van der Waals surface area contributed by atoms with E-state index < -0.39 is 24.3 Å². The van der Waals surface area contributed by atoms with Crippen molar-refractivity contribution in [2.45, 2.75) is 49.9 Å². The fraction of sp³-hybridized carbons (Fsp3) is 0.265. The first kappa shape index (κ1) is 42.4. The molecular weight excluding hydrogens is 829 g/mol. The second-order valence-corrected chi connectivity index (χ2v) is 16.2. The number of carbonyl (C=O) groups is 4. The summed E-state index contributed by atoms with van der Waals surface area (Å²) in [4.78, 5) is 73.2. The Morgan fingerprint density at radius 2 is 1.35 bits per heavy atom. The summed E-state index contributed by atoms with van der Waals surface area (Å²) >= 11 is 0. The van der Waals surface area contributed by atoms with Gasteiger partial charge in [0.2, 0.25) is 0 Å². The monoisotopic (exact) mass is 876 g/mol. The number of aromatic amines is 2. The smallest absolute Gasteiger partial charge is 0.407 e. The maximum atomic E-state index is 14.1. The zero-order valence-corrected chi connectivity index (χ0v) is 36.1. The predicted octanol–water partition coefficient (Wildman–Crippen LogP) is 8.66. The average Bonchev–Trinajstić information content (AvgIpc) is 4.20. The molecule has 16 nitrogen and oxygen atoms in total. The second kappa shape index (κ2) is 18.1. The van der Waals surface area contributed by atoms with Crippen LogP contribution in [0.4, 0.5) is 9.59 Å². The van der Waals surface area contributed by atoms with Gasteiger partial charge in [-0.15, -0.1) is 0 Å². The molecule has 0 aliphatic carbocycles. The molecule has 332 valence electrons. The van der Waals surface area contributed by atoms with E-state index in [-0.39, 0.29) is 23.9 Å². The molecule has 2 aliphatic rings. The minimum atomic E-state index is -1.19. The number of likely N-dealkylation sites (N-methyl/N-ethyl adjacent to an activating group) is 1. The number of likely N-dealkylation sites (tertiary alicyclic amines) is 2. The number of hydrogen-bond donors (Lipinski definition) is 4. The Bertz CT molecular complexity index is 2860. The van der Waals surface area contributed by atoms with Crippen LogP contribution in [0, 0.1) is 0 Å². The number of benzene rings is 4. The topological polar surface area (TPSA) is 199 Å². The summed E-state index contributed by atoms with van der Waals surface area (Å²) in [5.74, 6) is 1.95. The number of fused-ring (bicyclic) bond motifs is 1. The Morgan fingerprint density at radius 3 is 1.95 bits per heavy atom. The number of rotatable bonds is 12. The summed E-state index contributed by atoms with van der Waals surface area (Å²) in [7, 11) is 4.29. The molecule has 5 heterocycles. The molecule has 65 heavy (non-hydrogen) atoms. The second-order valence-electron chi connectivity index (χ2n) is 16.2. The van der Waals surface area contributed by atoms with Gasteiger partial charge in [-0.1, -0.05) is 66.7 Å². The summed E-state index contributed by atoms with van der Waals surface area (Å²) in [6.07, 6.45) is 4.57. The lowest BCUT2D eigenvalue weighted by atomic mass is 10.0. The Kier molecular flexibility index (Phi) is 11.8. The largest absolute Gasteiger partial charge is 0.496 e. The quantitative estimate of drug-likeness (QED) is 0.0921. The van der Waals surface area contributed by atoms with Crippen LogP contribution in [0.5, 0.6) is 5.75 Å². The zero-order valence-electron chi connectivity index (χ0n) is 36.1. The van der Waals surface area contributed by atoms with Crippen molar-refractivity contribution in [3.05, 3.63) is 138 Å². The average molecular weight is 877 g/mol. The number of carbonyl (C=O) groups excluding carboxylic acids is 3. The number of nitrogens with one attached hydrogen (secondary N) is 3. The standard InChI is InChI=1S/C49H48N8O8/c1-55(49(61)62)43(30-14-8-5-9-15-30)47(59)57-23-11-17-38(57)45-51-28-36(53-45)32-18-20-34(40(25-32)63-2)41-26-33-24-31(19-21-39(33)65-41)35-27-50-44(52-35)37-16-10-22-56(37)46(58)42(54-48(60)64-3)29-12-6-4-7-13-29/h4-9,12-15,18-21,24-28,37-38,42-43H,10-11,16-17,22-23H2,1-3H3,(H,50,52)(H,51,53)(H,54,60)(H,61,62)/t37-,38-,42+,43+/m0/s1. The first-order chi connectivity index (χ1) is 31.6. The van der Waals surface area contributed by atoms with Crippen molar-refractivity contribution < 1.29 is 38.2 Å². The van der Waals surface area contributed by atoms with Crippen LogP contribution in [-0.2, 0) is 14.3 Å². The minimum absolute atomic E-state index is 0.238. The molecule has 4 amide bonds. The summed E-state index contributed by atoms with van der Waals surface area (Å²) in [5.41, 5.74) is 5.92. The molecule has 4 N–H and O–H groups in total. The molecule has 0 unspecified atom stereocenters. The maximum Gasteiger partial charge on any atom is 0.407 e. The van der Waals surface area contributed by atoms with Crippen molar-refractivity contribution in [3.8, 4) is 39.6 Å². The summed E-state index contributed by atoms with van der Waals surface area (Å²) in [5, 5.41) is 13.4. The highest BCUT2D eigenvalue weighted by Gasteiger charge is 2.40. The molecule has 0 spiro atoms. The minimum Gasteiger partial charge on any atom is -0.496 e. The van der Waals surface area contributed by atoms with Crippen LogP contribution in [0.15, 0.2) is 120 Å². The van der Waals surface area contributed by atoms with Crippen molar-refractivity contribution in [1.82, 2.24) is 40.0 Å². The summed E-state index contributed by atoms with van der Waals surface area (Å²) in [6, 6.07) is 29.2. The number of imidazole rings is 2. The zero-order chi connectivity index (χ0) is 45.2. The molecule has 3 aromatic heterocycles. The van der Waals surface area contributed by atoms with Gasteiger partial charge in [-0.2, -0.15) is 0 Å². The predicted molar refractivity (Wildman–Crippen MR) is 240 cm³/mol. The molecule has 0 saturated carbocycles. The third-order valence-electron chi connectivity index (χ3n) is 12.4. The van der Waals surface area contributed by atoms with E-state index in [1.54, 1.807) is 65.7 Å². The Labute approximate surface area is 374 Å². The molecule has 0 radical (unpaired) electrons. The lowest BCUT2D eigenvalue weighted by molar-refractivity contribution is -0.137. The molecule has 2 saturated heterocycles. The van der Waals surface area contributed by atoms with Gasteiger partial charge < -0.3 is 44.1 Å². The van der Waals surface area contributed by atoms with E-state index in [9.17, 15) is 24.3 Å². The first-order valence-electron chi connectivity index (χ1n) is 21.5. The third kappa shape index (κ3) is 8.37. The number of methoxy groups -OCH3 is 2. The van der Waals surface area contributed by atoms with Gasteiger partial charge in [-0.3, -0.25) is 14.5 Å². The first-order valence-corrected chi connectivity index (χ1v) is 21.5. The van der Waals surface area contributed by atoms with Crippen LogP contribution in [0.3, 0.4) is 0 Å². The van der Waals surface area contributed by atoms with E-state index >= 15 is 0 Å². The Balaban J connectivity index is 0.918. The van der Waals surface area contributed by atoms with Crippen molar-refractivity contribution in [2.24, 2.45) is 0 Å². The van der Waals surface area contributed by atoms with E-state index in [4.69, 9.17) is 23.9 Å². The van der Waals surface area contributed by atoms with E-state index in [0.717, 1.165) is 51.2 Å². The normalized spacial score (nSPS) is 16.9. The van der Waals surface area contributed by atoms with Gasteiger partial charge in [0, 0.05) is 36.7 Å². The van der Waals surface area contributed by atoms with Crippen molar-refractivity contribution in [2.75, 3.05) is 34.4 Å². The SMILES string of the molecule is COC(=O)N[C@@H](C(=O)N1CCC[C@H]1c1ncc(-c2ccc3oc(-c4ccc(-c5cnc([C@@H]6CCCN6C(=O)[C@@H](c6ccccc6)N(C)C(=O)O)[nH]5)cc4OC)cc3c2)[nH]1)c1ccccc1. The number of hydrogen-bond acceptors (Lipinski definition) is 9. The van der Waals surface area contributed by atoms with Crippen LogP contribution in [0.1, 0.15) is 72.6 Å². The van der Waals surface area contributed by atoms with Gasteiger partial charge in [0.15, 0.2) is 0 Å². The molecule has 4 aromatic carbocycles. The van der Waals surface area contributed by atoms with Crippen LogP contribution < -0.4 is 10.1 Å². The van der Waals surface area contributed by atoms with Crippen LogP contribution >= 0.6 is 0 Å². The highest BCUT2D eigenvalue weighted by Crippen LogP contribution is 2.40. The summed E-state index contributed by atoms with van der Waals surface area (Å²) < 4.78 is 17.1. The fourth-order valence-corrected chi connectivity index (χ4v) is 9.05. The number of amides is 4. The number of ether oxygens (including phenoxy) is 2. The number of carboxylic acid groups (broad SMARTS) is 1. The molecule has 9 rings (SSSR count). The van der Waals surface area contributed by atoms with E-state index in [2.05, 4.69) is 15.3 Å². The third-order valence-corrected chi connectivity index (χ3v) is 12.4. The molecule has 2 aliphatic heterocycles. The van der Waals surface area contributed by atoms with Crippen LogP contribution in [0.25, 0.3) is 44.8 Å². The Hall–Kier alpha value is -7.88. The maximum absolute atomic E-state index is 14.1. The molecular formula is C49H48N8O8. The molecule has 4 atom stereocenters. The number of H-pyrrole nitrogens is 2. The van der Waals surface area contributed by atoms with E-state index in [1.165, 1.54) is 14.2 Å². The molecule has 2 fully saturated rings. The van der Waals surface area contributed by atoms with Gasteiger partial charge in [0.1, 0.15) is 40.8 Å². The highest BCUT2D eigenvalue weighted by molar-refractivity contribution is 5.90. The number of furan rings is 1. The fourth-order valence-electron chi connectivity index (χ4n) is 9.05. The number of aromatic nitrogens is 4. The van der Waals surface area contributed by atoms with Gasteiger partial charge in [-0.25, -0.2) is 19.6 Å².